The van der Waals surface area contributed by atoms with Crippen molar-refractivity contribution in [3.05, 3.63) is 34.9 Å². The predicted octanol–water partition coefficient (Wildman–Crippen LogP) is 1.54. The largest absolute Gasteiger partial charge is 0.468 e. The van der Waals surface area contributed by atoms with E-state index in [-0.39, 0.29) is 24.7 Å². The Morgan fingerprint density at radius 2 is 2.05 bits per heavy atom. The average Bonchev–Trinajstić information content (AvgIpc) is 2.46. The number of Topliss-reactive ketones (excluding diaryl/α,β-unsaturated/α-hetero) is 1. The van der Waals surface area contributed by atoms with Crippen molar-refractivity contribution < 1.29 is 19.1 Å². The number of amides is 1. The van der Waals surface area contributed by atoms with E-state index < -0.39 is 11.9 Å². The van der Waals surface area contributed by atoms with E-state index in [1.807, 2.05) is 0 Å². The van der Waals surface area contributed by atoms with Gasteiger partial charge >= 0.3 is 5.97 Å². The number of carbonyl (C=O) groups excluding carboxylic acids is 3. The molecule has 1 heterocycles. The number of ether oxygens (including phenoxy) is 1. The smallest absolute Gasteiger partial charge is 0.316 e. The fourth-order valence-electron chi connectivity index (χ4n) is 2.19. The van der Waals surface area contributed by atoms with Crippen LogP contribution in [0.4, 0.5) is 0 Å². The number of ketones is 1. The van der Waals surface area contributed by atoms with Crippen LogP contribution in [0.1, 0.15) is 16.8 Å². The highest BCUT2D eigenvalue weighted by molar-refractivity contribution is 6.33. The van der Waals surface area contributed by atoms with Gasteiger partial charge in [0.2, 0.25) is 0 Å². The summed E-state index contributed by atoms with van der Waals surface area (Å²) in [6.07, 6.45) is 0.279. The molecule has 106 valence electrons. The van der Waals surface area contributed by atoms with Crippen molar-refractivity contribution in [2.45, 2.75) is 6.42 Å². The molecule has 1 atom stereocenters. The van der Waals surface area contributed by atoms with E-state index in [0.717, 1.165) is 0 Å². The van der Waals surface area contributed by atoms with Gasteiger partial charge < -0.3 is 9.64 Å². The maximum absolute atomic E-state index is 12.3. The lowest BCUT2D eigenvalue weighted by Gasteiger charge is -2.29. The molecule has 1 aliphatic heterocycles. The van der Waals surface area contributed by atoms with Crippen LogP contribution in [0.3, 0.4) is 0 Å². The molecule has 1 saturated heterocycles. The first-order chi connectivity index (χ1) is 9.54. The molecule has 0 aromatic heterocycles. The van der Waals surface area contributed by atoms with E-state index in [9.17, 15) is 14.4 Å². The molecule has 20 heavy (non-hydrogen) atoms. The quantitative estimate of drug-likeness (QED) is 0.613. The maximum atomic E-state index is 12.3. The summed E-state index contributed by atoms with van der Waals surface area (Å²) < 4.78 is 4.58. The Kier molecular flexibility index (Phi) is 4.39. The monoisotopic (exact) mass is 295 g/mol. The molecule has 6 heteroatoms. The van der Waals surface area contributed by atoms with Gasteiger partial charge in [-0.15, -0.1) is 0 Å². The first kappa shape index (κ1) is 14.5. The van der Waals surface area contributed by atoms with E-state index in [1.165, 1.54) is 12.0 Å². The second kappa shape index (κ2) is 6.05. The van der Waals surface area contributed by atoms with Crippen LogP contribution >= 0.6 is 11.6 Å². The third-order valence-electron chi connectivity index (χ3n) is 3.30. The number of hydrogen-bond donors (Lipinski definition) is 0. The van der Waals surface area contributed by atoms with E-state index in [4.69, 9.17) is 11.6 Å². The molecule has 0 spiro atoms. The molecular formula is C14H14ClNO4. The van der Waals surface area contributed by atoms with Gasteiger partial charge in [-0.05, 0) is 18.6 Å². The van der Waals surface area contributed by atoms with Crippen LogP contribution in [0.5, 0.6) is 0 Å². The van der Waals surface area contributed by atoms with Crippen molar-refractivity contribution in [1.82, 2.24) is 4.90 Å². The van der Waals surface area contributed by atoms with Gasteiger partial charge in [0.05, 0.1) is 24.2 Å². The molecule has 0 saturated carbocycles. The summed E-state index contributed by atoms with van der Waals surface area (Å²) in [4.78, 5) is 37.0. The summed E-state index contributed by atoms with van der Waals surface area (Å²) in [5.74, 6) is -1.91. The van der Waals surface area contributed by atoms with Gasteiger partial charge in [-0.1, -0.05) is 23.7 Å². The standard InChI is InChI=1S/C14H14ClNO4/c1-20-14(19)10-6-7-16(8-12(10)17)13(18)9-4-2-3-5-11(9)15/h2-5,10H,6-8H2,1H3. The molecule has 1 amide bonds. The average molecular weight is 296 g/mol. The number of piperidine rings is 1. The third-order valence-corrected chi connectivity index (χ3v) is 3.63. The van der Waals surface area contributed by atoms with E-state index in [2.05, 4.69) is 4.74 Å². The number of methoxy groups -OCH3 is 1. The van der Waals surface area contributed by atoms with Gasteiger partial charge in [-0.2, -0.15) is 0 Å². The molecule has 0 aliphatic carbocycles. The molecule has 5 nitrogen and oxygen atoms in total. The predicted molar refractivity (Wildman–Crippen MR) is 72.5 cm³/mol. The number of benzene rings is 1. The van der Waals surface area contributed by atoms with Crippen molar-refractivity contribution >= 4 is 29.3 Å². The van der Waals surface area contributed by atoms with E-state index >= 15 is 0 Å². The molecular weight excluding hydrogens is 282 g/mol. The SMILES string of the molecule is COC(=O)C1CCN(C(=O)c2ccccc2Cl)CC1=O. The number of hydrogen-bond acceptors (Lipinski definition) is 4. The summed E-state index contributed by atoms with van der Waals surface area (Å²) in [5, 5.41) is 0.347. The molecule has 1 aromatic carbocycles. The van der Waals surface area contributed by atoms with Gasteiger partial charge in [0, 0.05) is 6.54 Å². The van der Waals surface area contributed by atoms with Gasteiger partial charge in [0.25, 0.3) is 5.91 Å². The van der Waals surface area contributed by atoms with Gasteiger partial charge in [-0.3, -0.25) is 14.4 Å². The van der Waals surface area contributed by atoms with Gasteiger partial charge in [0.15, 0.2) is 5.78 Å². The lowest BCUT2D eigenvalue weighted by molar-refractivity contribution is -0.151. The van der Waals surface area contributed by atoms with Crippen LogP contribution in [-0.4, -0.2) is 42.8 Å². The molecule has 1 unspecified atom stereocenters. The van der Waals surface area contributed by atoms with Crippen molar-refractivity contribution in [3.8, 4) is 0 Å². The van der Waals surface area contributed by atoms with Crippen LogP contribution in [0.2, 0.25) is 5.02 Å². The number of nitrogens with zero attached hydrogens (tertiary/aromatic N) is 1. The van der Waals surface area contributed by atoms with E-state index in [0.29, 0.717) is 17.1 Å². The minimum absolute atomic E-state index is 0.0934. The summed E-state index contributed by atoms with van der Waals surface area (Å²) >= 11 is 5.97. The summed E-state index contributed by atoms with van der Waals surface area (Å²) in [5.41, 5.74) is 0.360. The number of esters is 1. The zero-order chi connectivity index (χ0) is 14.7. The van der Waals surface area contributed by atoms with Crippen LogP contribution in [0, 0.1) is 5.92 Å². The Labute approximate surface area is 121 Å². The Hall–Kier alpha value is -1.88. The molecule has 1 fully saturated rings. The summed E-state index contributed by atoms with van der Waals surface area (Å²) in [7, 11) is 1.25. The minimum atomic E-state index is -0.768. The van der Waals surface area contributed by atoms with Crippen molar-refractivity contribution in [3.63, 3.8) is 0 Å². The second-order valence-corrected chi connectivity index (χ2v) is 4.94. The summed E-state index contributed by atoms with van der Waals surface area (Å²) in [6, 6.07) is 6.68. The number of likely N-dealkylation sites (tertiary alicyclic amines) is 1. The van der Waals surface area contributed by atoms with E-state index in [1.54, 1.807) is 24.3 Å². The van der Waals surface area contributed by atoms with Crippen molar-refractivity contribution in [1.29, 1.82) is 0 Å². The van der Waals surface area contributed by atoms with Crippen LogP contribution in [0.25, 0.3) is 0 Å². The highest BCUT2D eigenvalue weighted by Gasteiger charge is 2.35. The molecule has 1 aliphatic rings. The van der Waals surface area contributed by atoms with Crippen molar-refractivity contribution in [2.24, 2.45) is 5.92 Å². The molecule has 0 N–H and O–H groups in total. The highest BCUT2D eigenvalue weighted by Crippen LogP contribution is 2.21. The fourth-order valence-corrected chi connectivity index (χ4v) is 2.41. The number of halogens is 1. The van der Waals surface area contributed by atoms with Gasteiger partial charge in [-0.25, -0.2) is 0 Å². The minimum Gasteiger partial charge on any atom is -0.468 e. The molecule has 2 rings (SSSR count). The number of carbonyl (C=O) groups is 3. The second-order valence-electron chi connectivity index (χ2n) is 4.54. The van der Waals surface area contributed by atoms with Crippen molar-refractivity contribution in [2.75, 3.05) is 20.2 Å². The zero-order valence-electron chi connectivity index (χ0n) is 11.0. The first-order valence-corrected chi connectivity index (χ1v) is 6.56. The lowest BCUT2D eigenvalue weighted by atomic mass is 9.95. The zero-order valence-corrected chi connectivity index (χ0v) is 11.7. The Morgan fingerprint density at radius 3 is 2.65 bits per heavy atom. The van der Waals surface area contributed by atoms with Gasteiger partial charge in [0.1, 0.15) is 5.92 Å². The Balaban J connectivity index is 2.10. The summed E-state index contributed by atoms with van der Waals surface area (Å²) in [6.45, 7) is 0.236. The maximum Gasteiger partial charge on any atom is 0.316 e. The first-order valence-electron chi connectivity index (χ1n) is 6.19. The number of rotatable bonds is 2. The normalized spacial score (nSPS) is 18.8. The van der Waals surface area contributed by atoms with Crippen LogP contribution in [0.15, 0.2) is 24.3 Å². The lowest BCUT2D eigenvalue weighted by Crippen LogP contribution is -2.46. The third kappa shape index (κ3) is 2.82. The molecule has 1 aromatic rings. The Bertz CT molecular complexity index is 558. The molecule has 0 bridgehead atoms. The van der Waals surface area contributed by atoms with Crippen LogP contribution in [-0.2, 0) is 14.3 Å². The van der Waals surface area contributed by atoms with Crippen LogP contribution < -0.4 is 0 Å². The molecule has 0 radical (unpaired) electrons. The fraction of sp³-hybridized carbons (Fsp3) is 0.357. The highest BCUT2D eigenvalue weighted by atomic mass is 35.5. The topological polar surface area (TPSA) is 63.7 Å². The Morgan fingerprint density at radius 1 is 1.35 bits per heavy atom.